The minimum Gasteiger partial charge on any atom is -0.316 e. The Bertz CT molecular complexity index is 664. The highest BCUT2D eigenvalue weighted by molar-refractivity contribution is 5.85. The van der Waals surface area contributed by atoms with Crippen LogP contribution in [-0.2, 0) is 6.42 Å². The second-order valence-corrected chi connectivity index (χ2v) is 4.98. The Hall–Kier alpha value is -2.02. The van der Waals surface area contributed by atoms with Gasteiger partial charge >= 0.3 is 0 Å². The lowest BCUT2D eigenvalue weighted by molar-refractivity contribution is 0.797. The van der Waals surface area contributed by atoms with E-state index in [2.05, 4.69) is 72.3 Å². The van der Waals surface area contributed by atoms with Crippen molar-refractivity contribution in [2.45, 2.75) is 26.2 Å². The maximum Gasteiger partial charge on any atom is 0.0531 e. The Morgan fingerprint density at radius 3 is 2.42 bits per heavy atom. The second kappa shape index (κ2) is 5.31. The third-order valence-electron chi connectivity index (χ3n) is 3.63. The van der Waals surface area contributed by atoms with Gasteiger partial charge in [0.15, 0.2) is 0 Å². The fourth-order valence-electron chi connectivity index (χ4n) is 2.62. The predicted octanol–water partition coefficient (Wildman–Crippen LogP) is 4.97. The number of fused-ring (bicyclic) bond motifs is 1. The van der Waals surface area contributed by atoms with E-state index in [1.807, 2.05) is 0 Å². The molecule has 1 heteroatoms. The van der Waals surface area contributed by atoms with Crippen LogP contribution in [0.5, 0.6) is 0 Å². The van der Waals surface area contributed by atoms with Crippen molar-refractivity contribution in [2.75, 3.05) is 0 Å². The molecule has 3 aromatic rings. The highest BCUT2D eigenvalue weighted by atomic mass is 15.0. The van der Waals surface area contributed by atoms with E-state index >= 15 is 0 Å². The molecule has 0 atom stereocenters. The number of benzene rings is 2. The number of aryl methyl sites for hydroxylation is 1. The lowest BCUT2D eigenvalue weighted by Crippen LogP contribution is -1.90. The van der Waals surface area contributed by atoms with Gasteiger partial charge in [-0.2, -0.15) is 0 Å². The molecule has 0 radical (unpaired) electrons. The van der Waals surface area contributed by atoms with Crippen LogP contribution in [0.2, 0.25) is 0 Å². The van der Waals surface area contributed by atoms with E-state index in [1.54, 1.807) is 0 Å². The standard InChI is InChI=1S/C18H19N/c1-2-3-9-15-14-19(16-10-5-4-6-11-16)18-13-8-7-12-17(15)18/h4-8,10-14H,2-3,9H2,1H3. The second-order valence-electron chi connectivity index (χ2n) is 4.98. The van der Waals surface area contributed by atoms with E-state index in [1.165, 1.54) is 35.0 Å². The molecule has 96 valence electrons. The molecule has 0 saturated heterocycles. The highest BCUT2D eigenvalue weighted by Gasteiger charge is 2.08. The normalized spacial score (nSPS) is 11.0. The molecular weight excluding hydrogens is 230 g/mol. The first kappa shape index (κ1) is 12.0. The first-order valence-electron chi connectivity index (χ1n) is 7.04. The van der Waals surface area contributed by atoms with Crippen molar-refractivity contribution >= 4 is 10.9 Å². The molecule has 0 N–H and O–H groups in total. The van der Waals surface area contributed by atoms with Crippen LogP contribution in [0.3, 0.4) is 0 Å². The minimum absolute atomic E-state index is 1.16. The summed E-state index contributed by atoms with van der Waals surface area (Å²) in [5, 5.41) is 1.39. The van der Waals surface area contributed by atoms with Crippen LogP contribution in [0.4, 0.5) is 0 Å². The van der Waals surface area contributed by atoms with Crippen molar-refractivity contribution in [2.24, 2.45) is 0 Å². The van der Waals surface area contributed by atoms with E-state index in [0.717, 1.165) is 6.42 Å². The molecule has 0 fully saturated rings. The van der Waals surface area contributed by atoms with Gasteiger partial charge in [0, 0.05) is 17.3 Å². The van der Waals surface area contributed by atoms with E-state index in [-0.39, 0.29) is 0 Å². The highest BCUT2D eigenvalue weighted by Crippen LogP contribution is 2.25. The van der Waals surface area contributed by atoms with Crippen LogP contribution in [0.1, 0.15) is 25.3 Å². The predicted molar refractivity (Wildman–Crippen MR) is 81.9 cm³/mol. The molecule has 0 aliphatic heterocycles. The smallest absolute Gasteiger partial charge is 0.0531 e. The van der Waals surface area contributed by atoms with Gasteiger partial charge in [-0.25, -0.2) is 0 Å². The van der Waals surface area contributed by atoms with Gasteiger partial charge < -0.3 is 4.57 Å². The zero-order valence-corrected chi connectivity index (χ0v) is 11.3. The van der Waals surface area contributed by atoms with Crippen molar-refractivity contribution in [3.8, 4) is 5.69 Å². The number of nitrogens with zero attached hydrogens (tertiary/aromatic N) is 1. The molecule has 2 aromatic carbocycles. The summed E-state index contributed by atoms with van der Waals surface area (Å²) in [4.78, 5) is 0. The van der Waals surface area contributed by atoms with Gasteiger partial charge in [-0.05, 0) is 36.6 Å². The van der Waals surface area contributed by atoms with Gasteiger partial charge in [-0.1, -0.05) is 49.7 Å². The molecule has 1 nitrogen and oxygen atoms in total. The Labute approximate surface area is 114 Å². The van der Waals surface area contributed by atoms with Crippen LogP contribution in [0, 0.1) is 0 Å². The van der Waals surface area contributed by atoms with Gasteiger partial charge in [-0.3, -0.25) is 0 Å². The largest absolute Gasteiger partial charge is 0.316 e. The fraction of sp³-hybridized carbons (Fsp3) is 0.222. The Kier molecular flexibility index (Phi) is 3.37. The monoisotopic (exact) mass is 249 g/mol. The molecular formula is C18H19N. The van der Waals surface area contributed by atoms with Crippen LogP contribution in [0.25, 0.3) is 16.6 Å². The number of rotatable bonds is 4. The first-order chi connectivity index (χ1) is 9.40. The molecule has 3 rings (SSSR count). The van der Waals surface area contributed by atoms with E-state index in [0.29, 0.717) is 0 Å². The van der Waals surface area contributed by atoms with Crippen molar-refractivity contribution in [3.63, 3.8) is 0 Å². The summed E-state index contributed by atoms with van der Waals surface area (Å²) in [7, 11) is 0. The average Bonchev–Trinajstić information content (AvgIpc) is 2.85. The van der Waals surface area contributed by atoms with E-state index in [4.69, 9.17) is 0 Å². The third-order valence-corrected chi connectivity index (χ3v) is 3.63. The Morgan fingerprint density at radius 2 is 1.63 bits per heavy atom. The summed E-state index contributed by atoms with van der Waals surface area (Å²) in [5.41, 5.74) is 4.00. The quantitative estimate of drug-likeness (QED) is 0.615. The van der Waals surface area contributed by atoms with Gasteiger partial charge in [0.2, 0.25) is 0 Å². The summed E-state index contributed by atoms with van der Waals surface area (Å²) >= 11 is 0. The Morgan fingerprint density at radius 1 is 0.895 bits per heavy atom. The molecule has 0 bridgehead atoms. The van der Waals surface area contributed by atoms with Gasteiger partial charge in [-0.15, -0.1) is 0 Å². The molecule has 0 spiro atoms. The zero-order chi connectivity index (χ0) is 13.1. The average molecular weight is 249 g/mol. The molecule has 19 heavy (non-hydrogen) atoms. The lowest BCUT2D eigenvalue weighted by Gasteiger charge is -2.04. The van der Waals surface area contributed by atoms with Crippen LogP contribution in [0.15, 0.2) is 60.8 Å². The SMILES string of the molecule is CCCCc1cn(-c2ccccc2)c2ccccc12. The van der Waals surface area contributed by atoms with Gasteiger partial charge in [0.05, 0.1) is 5.52 Å². The number of hydrogen-bond donors (Lipinski definition) is 0. The van der Waals surface area contributed by atoms with E-state index < -0.39 is 0 Å². The summed E-state index contributed by atoms with van der Waals surface area (Å²) < 4.78 is 2.31. The third kappa shape index (κ3) is 2.28. The van der Waals surface area contributed by atoms with Crippen molar-refractivity contribution in [1.82, 2.24) is 4.57 Å². The molecule has 1 aromatic heterocycles. The lowest BCUT2D eigenvalue weighted by atomic mass is 10.1. The summed E-state index contributed by atoms with van der Waals surface area (Å²) in [6.45, 7) is 2.25. The maximum atomic E-state index is 2.31. The van der Waals surface area contributed by atoms with Crippen molar-refractivity contribution in [3.05, 3.63) is 66.4 Å². The summed E-state index contributed by atoms with van der Waals surface area (Å²) in [6.07, 6.45) is 5.96. The molecule has 0 amide bonds. The van der Waals surface area contributed by atoms with E-state index in [9.17, 15) is 0 Å². The van der Waals surface area contributed by atoms with Gasteiger partial charge in [0.25, 0.3) is 0 Å². The molecule has 0 aliphatic rings. The summed E-state index contributed by atoms with van der Waals surface area (Å²) in [6, 6.07) is 19.3. The van der Waals surface area contributed by atoms with Crippen LogP contribution >= 0.6 is 0 Å². The van der Waals surface area contributed by atoms with Crippen LogP contribution in [-0.4, -0.2) is 4.57 Å². The van der Waals surface area contributed by atoms with Crippen molar-refractivity contribution in [1.29, 1.82) is 0 Å². The molecule has 0 saturated carbocycles. The molecule has 0 aliphatic carbocycles. The fourth-order valence-corrected chi connectivity index (χ4v) is 2.62. The van der Waals surface area contributed by atoms with Gasteiger partial charge in [0.1, 0.15) is 0 Å². The molecule has 1 heterocycles. The number of hydrogen-bond acceptors (Lipinski definition) is 0. The van der Waals surface area contributed by atoms with Crippen LogP contribution < -0.4 is 0 Å². The number of aromatic nitrogens is 1. The first-order valence-corrected chi connectivity index (χ1v) is 7.04. The molecule has 0 unspecified atom stereocenters. The maximum absolute atomic E-state index is 2.31. The minimum atomic E-state index is 1.16. The topological polar surface area (TPSA) is 4.93 Å². The number of para-hydroxylation sites is 2. The summed E-state index contributed by atoms with van der Waals surface area (Å²) in [5.74, 6) is 0. The van der Waals surface area contributed by atoms with Crippen molar-refractivity contribution < 1.29 is 0 Å². The zero-order valence-electron chi connectivity index (χ0n) is 11.3. The number of unbranched alkanes of at least 4 members (excludes halogenated alkanes) is 1. The Balaban J connectivity index is 2.15.